The second-order valence-electron chi connectivity index (χ2n) is 6.37. The van der Waals surface area contributed by atoms with Gasteiger partial charge in [0.05, 0.1) is 26.5 Å². The fraction of sp³-hybridized carbons (Fsp3) is 0.273. The topological polar surface area (TPSA) is 101 Å². The van der Waals surface area contributed by atoms with Gasteiger partial charge < -0.3 is 35.7 Å². The van der Waals surface area contributed by atoms with Gasteiger partial charge in [0.15, 0.2) is 0 Å². The van der Waals surface area contributed by atoms with Crippen LogP contribution in [0.15, 0.2) is 54.1 Å². The maximum absolute atomic E-state index is 14.2. The highest BCUT2D eigenvalue weighted by Gasteiger charge is 2.11. The van der Waals surface area contributed by atoms with E-state index in [0.717, 1.165) is 5.56 Å². The van der Waals surface area contributed by atoms with E-state index in [-0.39, 0.29) is 23.8 Å². The zero-order chi connectivity index (χ0) is 22.8. The largest absolute Gasteiger partial charge is 0.497 e. The molecule has 0 heterocycles. The molecule has 0 spiro atoms. The Morgan fingerprint density at radius 3 is 2.52 bits per heavy atom. The van der Waals surface area contributed by atoms with E-state index in [0.29, 0.717) is 35.4 Å². The average molecular weight is 452 g/mol. The third-order valence-corrected chi connectivity index (χ3v) is 4.55. The Kier molecular flexibility index (Phi) is 9.30. The van der Waals surface area contributed by atoms with E-state index < -0.39 is 5.82 Å². The Bertz CT molecular complexity index is 950. The van der Waals surface area contributed by atoms with Gasteiger partial charge in [-0.15, -0.1) is 0 Å². The minimum absolute atomic E-state index is 0.0786. The van der Waals surface area contributed by atoms with Gasteiger partial charge >= 0.3 is 0 Å². The molecule has 0 saturated carbocycles. The number of hydrogen-bond acceptors (Lipinski definition) is 7. The van der Waals surface area contributed by atoms with E-state index in [1.807, 2.05) is 12.1 Å². The minimum atomic E-state index is -0.506. The zero-order valence-corrected chi connectivity index (χ0v) is 18.5. The lowest BCUT2D eigenvalue weighted by Gasteiger charge is -2.16. The fourth-order valence-electron chi connectivity index (χ4n) is 2.66. The Labute approximate surface area is 186 Å². The van der Waals surface area contributed by atoms with Crippen LogP contribution in [0, 0.1) is 5.82 Å². The summed E-state index contributed by atoms with van der Waals surface area (Å²) >= 11 is 5.98. The number of allylic oxidation sites excluding steroid dienone is 1. The Morgan fingerprint density at radius 2 is 1.84 bits per heavy atom. The van der Waals surface area contributed by atoms with Crippen molar-refractivity contribution in [3.05, 3.63) is 76.0 Å². The molecular weight excluding hydrogens is 425 g/mol. The molecule has 0 aliphatic carbocycles. The van der Waals surface area contributed by atoms with Gasteiger partial charge in [-0.3, -0.25) is 0 Å². The van der Waals surface area contributed by atoms with Crippen LogP contribution in [0.5, 0.6) is 11.5 Å². The standard InChI is InChI=1S/C22H27ClFN3O4/c1-28-8-9-31-22(26)20(12-19(25)17-10-15(23)5-7-18(17)24)27-13-14-4-6-16(29-2)11-21(14)30-3/h4-7,10-12,27H,8-9,13,25-26H2,1-3H3/b19-12-,22-20-. The molecule has 5 N–H and O–H groups in total. The van der Waals surface area contributed by atoms with E-state index in [9.17, 15) is 4.39 Å². The van der Waals surface area contributed by atoms with Crippen molar-refractivity contribution in [3.8, 4) is 11.5 Å². The predicted octanol–water partition coefficient (Wildman–Crippen LogP) is 3.38. The fourth-order valence-corrected chi connectivity index (χ4v) is 2.83. The summed E-state index contributed by atoms with van der Waals surface area (Å²) in [6.45, 7) is 0.916. The number of nitrogens with two attached hydrogens (primary N) is 2. The van der Waals surface area contributed by atoms with E-state index in [1.54, 1.807) is 27.4 Å². The van der Waals surface area contributed by atoms with Crippen molar-refractivity contribution in [2.75, 3.05) is 34.5 Å². The van der Waals surface area contributed by atoms with Crippen LogP contribution in [0.3, 0.4) is 0 Å². The lowest BCUT2D eigenvalue weighted by atomic mass is 10.1. The van der Waals surface area contributed by atoms with Crippen LogP contribution < -0.4 is 26.3 Å². The SMILES string of the molecule is COCCO/C(N)=C(/C=C(\N)c1cc(Cl)ccc1F)NCc1ccc(OC)cc1OC. The van der Waals surface area contributed by atoms with Crippen molar-refractivity contribution >= 4 is 17.3 Å². The number of hydrogen-bond donors (Lipinski definition) is 3. The molecule has 0 aromatic heterocycles. The van der Waals surface area contributed by atoms with Crippen LogP contribution in [-0.4, -0.2) is 34.5 Å². The maximum Gasteiger partial charge on any atom is 0.208 e. The van der Waals surface area contributed by atoms with Gasteiger partial charge in [0.25, 0.3) is 0 Å². The molecule has 0 amide bonds. The molecule has 0 atom stereocenters. The van der Waals surface area contributed by atoms with Crippen molar-refractivity contribution in [2.45, 2.75) is 6.54 Å². The van der Waals surface area contributed by atoms with Gasteiger partial charge in [-0.1, -0.05) is 11.6 Å². The molecule has 0 fully saturated rings. The third kappa shape index (κ3) is 6.97. The first-order valence-electron chi connectivity index (χ1n) is 9.38. The van der Waals surface area contributed by atoms with Gasteiger partial charge in [-0.05, 0) is 36.4 Å². The second kappa shape index (κ2) is 11.9. The smallest absolute Gasteiger partial charge is 0.208 e. The molecule has 2 aromatic rings. The maximum atomic E-state index is 14.2. The third-order valence-electron chi connectivity index (χ3n) is 4.31. The van der Waals surface area contributed by atoms with Gasteiger partial charge in [-0.2, -0.15) is 0 Å². The van der Waals surface area contributed by atoms with E-state index in [1.165, 1.54) is 24.3 Å². The molecule has 2 aromatic carbocycles. The minimum Gasteiger partial charge on any atom is -0.497 e. The van der Waals surface area contributed by atoms with Crippen LogP contribution in [0.25, 0.3) is 5.70 Å². The van der Waals surface area contributed by atoms with Crippen molar-refractivity contribution in [1.82, 2.24) is 5.32 Å². The van der Waals surface area contributed by atoms with Crippen LogP contribution in [0.1, 0.15) is 11.1 Å². The van der Waals surface area contributed by atoms with Gasteiger partial charge in [0.2, 0.25) is 5.88 Å². The molecule has 0 aliphatic rings. The normalized spacial score (nSPS) is 12.2. The highest BCUT2D eigenvalue weighted by atomic mass is 35.5. The summed E-state index contributed by atoms with van der Waals surface area (Å²) in [6.07, 6.45) is 1.49. The zero-order valence-electron chi connectivity index (χ0n) is 17.7. The van der Waals surface area contributed by atoms with Crippen molar-refractivity contribution < 1.29 is 23.3 Å². The molecule has 7 nitrogen and oxygen atoms in total. The van der Waals surface area contributed by atoms with E-state index in [2.05, 4.69) is 5.32 Å². The molecule has 168 valence electrons. The number of nitrogens with one attached hydrogen (secondary N) is 1. The van der Waals surface area contributed by atoms with Crippen molar-refractivity contribution in [2.24, 2.45) is 11.5 Å². The Hall–Kier alpha value is -3.10. The Morgan fingerprint density at radius 1 is 1.06 bits per heavy atom. The molecule has 2 rings (SSSR count). The molecule has 0 saturated heterocycles. The summed E-state index contributed by atoms with van der Waals surface area (Å²) in [5, 5.41) is 3.53. The van der Waals surface area contributed by atoms with Gasteiger partial charge in [0, 0.05) is 41.6 Å². The molecule has 0 unspecified atom stereocenters. The van der Waals surface area contributed by atoms with Crippen LogP contribution in [0.4, 0.5) is 4.39 Å². The number of methoxy groups -OCH3 is 3. The molecular formula is C22H27ClFN3O4. The summed E-state index contributed by atoms with van der Waals surface area (Å²) in [5.74, 6) is 0.866. The first-order chi connectivity index (χ1) is 14.9. The van der Waals surface area contributed by atoms with Gasteiger partial charge in [-0.25, -0.2) is 4.39 Å². The highest BCUT2D eigenvalue weighted by Crippen LogP contribution is 2.25. The van der Waals surface area contributed by atoms with Crippen LogP contribution in [-0.2, 0) is 16.0 Å². The first kappa shape index (κ1) is 24.2. The lowest BCUT2D eigenvalue weighted by molar-refractivity contribution is 0.107. The quantitative estimate of drug-likeness (QED) is 0.273. The van der Waals surface area contributed by atoms with Crippen molar-refractivity contribution in [3.63, 3.8) is 0 Å². The van der Waals surface area contributed by atoms with Gasteiger partial charge in [0.1, 0.15) is 23.9 Å². The lowest BCUT2D eigenvalue weighted by Crippen LogP contribution is -2.21. The van der Waals surface area contributed by atoms with Crippen LogP contribution >= 0.6 is 11.6 Å². The average Bonchev–Trinajstić information content (AvgIpc) is 2.77. The van der Waals surface area contributed by atoms with E-state index in [4.69, 9.17) is 42.0 Å². The molecule has 0 aliphatic heterocycles. The van der Waals surface area contributed by atoms with E-state index >= 15 is 0 Å². The first-order valence-corrected chi connectivity index (χ1v) is 9.76. The summed E-state index contributed by atoms with van der Waals surface area (Å²) in [7, 11) is 4.70. The monoisotopic (exact) mass is 451 g/mol. The number of benzene rings is 2. The molecule has 31 heavy (non-hydrogen) atoms. The molecule has 0 bridgehead atoms. The summed E-state index contributed by atoms with van der Waals surface area (Å²) in [5.41, 5.74) is 13.7. The van der Waals surface area contributed by atoms with Crippen molar-refractivity contribution in [1.29, 1.82) is 0 Å². The molecule has 9 heteroatoms. The summed E-state index contributed by atoms with van der Waals surface area (Å²) in [4.78, 5) is 0. The number of halogens is 2. The summed E-state index contributed by atoms with van der Waals surface area (Å²) < 4.78 is 35.3. The highest BCUT2D eigenvalue weighted by molar-refractivity contribution is 6.30. The number of rotatable bonds is 11. The number of ether oxygens (including phenoxy) is 4. The summed E-state index contributed by atoms with van der Waals surface area (Å²) in [6, 6.07) is 9.57. The Balaban J connectivity index is 2.33. The second-order valence-corrected chi connectivity index (χ2v) is 6.81. The molecule has 0 radical (unpaired) electrons. The predicted molar refractivity (Wildman–Crippen MR) is 119 cm³/mol. The van der Waals surface area contributed by atoms with Crippen LogP contribution in [0.2, 0.25) is 5.02 Å².